The molecule has 0 aliphatic heterocycles. The highest BCUT2D eigenvalue weighted by Crippen LogP contribution is 2.32. The van der Waals surface area contributed by atoms with Gasteiger partial charge in [0.15, 0.2) is 0 Å². The lowest BCUT2D eigenvalue weighted by molar-refractivity contribution is 0.414. The second-order valence-electron chi connectivity index (χ2n) is 4.35. The summed E-state index contributed by atoms with van der Waals surface area (Å²) < 4.78 is 5.21. The van der Waals surface area contributed by atoms with Crippen LogP contribution in [0.4, 0.5) is 0 Å². The predicted octanol–water partition coefficient (Wildman–Crippen LogP) is 4.36. The summed E-state index contributed by atoms with van der Waals surface area (Å²) >= 11 is 12.3. The van der Waals surface area contributed by atoms with E-state index < -0.39 is 0 Å². The van der Waals surface area contributed by atoms with E-state index in [2.05, 4.69) is 0 Å². The van der Waals surface area contributed by atoms with Gasteiger partial charge in [-0.15, -0.1) is 0 Å². The van der Waals surface area contributed by atoms with Gasteiger partial charge in [-0.3, -0.25) is 0 Å². The third-order valence-corrected chi connectivity index (χ3v) is 3.92. The van der Waals surface area contributed by atoms with E-state index in [4.69, 9.17) is 33.7 Å². The van der Waals surface area contributed by atoms with Crippen molar-refractivity contribution in [2.24, 2.45) is 5.73 Å². The van der Waals surface area contributed by atoms with Gasteiger partial charge in [-0.1, -0.05) is 47.5 Å². The molecule has 0 spiro atoms. The molecule has 100 valence electrons. The van der Waals surface area contributed by atoms with E-state index in [1.54, 1.807) is 13.2 Å². The van der Waals surface area contributed by atoms with Crippen LogP contribution in [0, 0.1) is 6.92 Å². The van der Waals surface area contributed by atoms with Crippen molar-refractivity contribution in [1.82, 2.24) is 0 Å². The Kier molecular flexibility index (Phi) is 4.35. The second-order valence-corrected chi connectivity index (χ2v) is 5.13. The van der Waals surface area contributed by atoms with Crippen molar-refractivity contribution in [1.29, 1.82) is 0 Å². The number of rotatable bonds is 3. The molecule has 0 radical (unpaired) electrons. The Labute approximate surface area is 123 Å². The van der Waals surface area contributed by atoms with Crippen LogP contribution in [0.2, 0.25) is 10.0 Å². The highest BCUT2D eigenvalue weighted by Gasteiger charge is 2.15. The minimum Gasteiger partial charge on any atom is -0.495 e. The van der Waals surface area contributed by atoms with Gasteiger partial charge in [-0.05, 0) is 35.7 Å². The van der Waals surface area contributed by atoms with E-state index in [-0.39, 0.29) is 6.04 Å². The van der Waals surface area contributed by atoms with E-state index >= 15 is 0 Å². The number of methoxy groups -OCH3 is 1. The summed E-state index contributed by atoms with van der Waals surface area (Å²) in [6.07, 6.45) is 0. The molecule has 0 heterocycles. The van der Waals surface area contributed by atoms with Gasteiger partial charge in [0, 0.05) is 5.02 Å². The van der Waals surface area contributed by atoms with Crippen molar-refractivity contribution < 1.29 is 4.74 Å². The van der Waals surface area contributed by atoms with Gasteiger partial charge in [0.2, 0.25) is 0 Å². The second kappa shape index (κ2) is 5.83. The Morgan fingerprint density at radius 2 is 1.89 bits per heavy atom. The third-order valence-electron chi connectivity index (χ3n) is 3.09. The SMILES string of the molecule is COc1cc(C(N)c2cccc(C)c2Cl)ccc1Cl. The van der Waals surface area contributed by atoms with Gasteiger partial charge >= 0.3 is 0 Å². The van der Waals surface area contributed by atoms with Gasteiger partial charge < -0.3 is 10.5 Å². The van der Waals surface area contributed by atoms with Gasteiger partial charge in [-0.2, -0.15) is 0 Å². The molecule has 0 saturated carbocycles. The molecule has 1 atom stereocenters. The van der Waals surface area contributed by atoms with E-state index in [0.29, 0.717) is 15.8 Å². The Bertz CT molecular complexity index is 599. The van der Waals surface area contributed by atoms with Crippen molar-refractivity contribution >= 4 is 23.2 Å². The van der Waals surface area contributed by atoms with E-state index in [0.717, 1.165) is 16.7 Å². The Morgan fingerprint density at radius 1 is 1.16 bits per heavy atom. The quantitative estimate of drug-likeness (QED) is 0.913. The molecule has 0 aliphatic rings. The summed E-state index contributed by atoms with van der Waals surface area (Å²) in [5.74, 6) is 0.610. The highest BCUT2D eigenvalue weighted by molar-refractivity contribution is 6.32. The maximum Gasteiger partial charge on any atom is 0.137 e. The molecule has 2 rings (SSSR count). The summed E-state index contributed by atoms with van der Waals surface area (Å²) in [6, 6.07) is 11.0. The molecule has 2 aromatic rings. The van der Waals surface area contributed by atoms with Crippen LogP contribution >= 0.6 is 23.2 Å². The molecular formula is C15H15Cl2NO. The van der Waals surface area contributed by atoms with Crippen molar-refractivity contribution in [3.05, 3.63) is 63.1 Å². The molecule has 0 amide bonds. The fourth-order valence-corrected chi connectivity index (χ4v) is 2.40. The normalized spacial score (nSPS) is 12.3. The van der Waals surface area contributed by atoms with Crippen LogP contribution in [0.5, 0.6) is 5.75 Å². The van der Waals surface area contributed by atoms with Crippen LogP contribution in [-0.4, -0.2) is 7.11 Å². The summed E-state index contributed by atoms with van der Waals surface area (Å²) in [5.41, 5.74) is 9.09. The van der Waals surface area contributed by atoms with Gasteiger partial charge in [0.1, 0.15) is 5.75 Å². The van der Waals surface area contributed by atoms with Gasteiger partial charge in [-0.25, -0.2) is 0 Å². The molecule has 4 heteroatoms. The number of hydrogen-bond acceptors (Lipinski definition) is 2. The third kappa shape index (κ3) is 2.86. The standard InChI is InChI=1S/C15H15Cl2NO/c1-9-4-3-5-11(14(9)17)15(18)10-6-7-12(16)13(8-10)19-2/h3-8,15H,18H2,1-2H3. The average molecular weight is 296 g/mol. The number of benzene rings is 2. The molecule has 0 aromatic heterocycles. The lowest BCUT2D eigenvalue weighted by Gasteiger charge is -2.16. The molecule has 0 fully saturated rings. The van der Waals surface area contributed by atoms with Crippen LogP contribution in [0.15, 0.2) is 36.4 Å². The molecule has 0 aliphatic carbocycles. The van der Waals surface area contributed by atoms with E-state index in [1.807, 2.05) is 37.3 Å². The summed E-state index contributed by atoms with van der Waals surface area (Å²) in [5, 5.41) is 1.26. The zero-order valence-electron chi connectivity index (χ0n) is 10.8. The molecular weight excluding hydrogens is 281 g/mol. The Morgan fingerprint density at radius 3 is 2.58 bits per heavy atom. The monoisotopic (exact) mass is 295 g/mol. The predicted molar refractivity (Wildman–Crippen MR) is 80.2 cm³/mol. The van der Waals surface area contributed by atoms with E-state index in [9.17, 15) is 0 Å². The fraction of sp³-hybridized carbons (Fsp3) is 0.200. The molecule has 0 saturated heterocycles. The topological polar surface area (TPSA) is 35.2 Å². The first kappa shape index (κ1) is 14.2. The molecule has 2 N–H and O–H groups in total. The number of nitrogens with two attached hydrogens (primary N) is 1. The van der Waals surface area contributed by atoms with Crippen LogP contribution < -0.4 is 10.5 Å². The van der Waals surface area contributed by atoms with Crippen LogP contribution in [0.1, 0.15) is 22.7 Å². The van der Waals surface area contributed by atoms with Crippen LogP contribution in [0.25, 0.3) is 0 Å². The summed E-state index contributed by atoms with van der Waals surface area (Å²) in [7, 11) is 1.58. The lowest BCUT2D eigenvalue weighted by atomic mass is 9.98. The molecule has 1 unspecified atom stereocenters. The Hall–Kier alpha value is -1.22. The van der Waals surface area contributed by atoms with Crippen molar-refractivity contribution in [2.45, 2.75) is 13.0 Å². The molecule has 2 aromatic carbocycles. The first-order valence-corrected chi connectivity index (χ1v) is 6.64. The van der Waals surface area contributed by atoms with Crippen molar-refractivity contribution in [3.8, 4) is 5.75 Å². The first-order chi connectivity index (χ1) is 9.04. The van der Waals surface area contributed by atoms with Crippen molar-refractivity contribution in [3.63, 3.8) is 0 Å². The minimum absolute atomic E-state index is 0.307. The van der Waals surface area contributed by atoms with Gasteiger partial charge in [0.25, 0.3) is 0 Å². The van der Waals surface area contributed by atoms with Gasteiger partial charge in [0.05, 0.1) is 18.2 Å². The van der Waals surface area contributed by atoms with Crippen LogP contribution in [-0.2, 0) is 0 Å². The Balaban J connectivity index is 2.44. The first-order valence-electron chi connectivity index (χ1n) is 5.88. The number of aryl methyl sites for hydroxylation is 1. The molecule has 19 heavy (non-hydrogen) atoms. The summed E-state index contributed by atoms with van der Waals surface area (Å²) in [6.45, 7) is 1.96. The highest BCUT2D eigenvalue weighted by atomic mass is 35.5. The molecule has 2 nitrogen and oxygen atoms in total. The largest absolute Gasteiger partial charge is 0.495 e. The lowest BCUT2D eigenvalue weighted by Crippen LogP contribution is -2.12. The number of halogens is 2. The zero-order chi connectivity index (χ0) is 14.0. The molecule has 0 bridgehead atoms. The fourth-order valence-electron chi connectivity index (χ4n) is 1.96. The number of hydrogen-bond donors (Lipinski definition) is 1. The number of ether oxygens (including phenoxy) is 1. The minimum atomic E-state index is -0.307. The average Bonchev–Trinajstić information content (AvgIpc) is 2.41. The smallest absolute Gasteiger partial charge is 0.137 e. The van der Waals surface area contributed by atoms with E-state index in [1.165, 1.54) is 0 Å². The maximum atomic E-state index is 6.31. The summed E-state index contributed by atoms with van der Waals surface area (Å²) in [4.78, 5) is 0. The van der Waals surface area contributed by atoms with Crippen molar-refractivity contribution in [2.75, 3.05) is 7.11 Å². The maximum absolute atomic E-state index is 6.31. The van der Waals surface area contributed by atoms with Crippen LogP contribution in [0.3, 0.4) is 0 Å². The zero-order valence-corrected chi connectivity index (χ0v) is 12.3.